The minimum atomic E-state index is 0.0418. The molecule has 1 aromatic carbocycles. The van der Waals surface area contributed by atoms with Gasteiger partial charge in [-0.05, 0) is 44.0 Å². The summed E-state index contributed by atoms with van der Waals surface area (Å²) in [5.41, 5.74) is 6.00. The molecule has 1 aromatic rings. The van der Waals surface area contributed by atoms with Crippen molar-refractivity contribution in [1.29, 1.82) is 0 Å². The van der Waals surface area contributed by atoms with Crippen LogP contribution in [0, 0.1) is 13.8 Å². The zero-order valence-electron chi connectivity index (χ0n) is 11.4. The number of hydrogen-bond donors (Lipinski definition) is 3. The van der Waals surface area contributed by atoms with Crippen molar-refractivity contribution in [3.05, 3.63) is 29.3 Å². The van der Waals surface area contributed by atoms with E-state index in [2.05, 4.69) is 41.7 Å². The first-order chi connectivity index (χ1) is 8.56. The standard InChI is InChI=1S/C13H22N4O/c1-9-5-6-12(7-10(9)2)16-13(17-14)15-11(3)8-18-4/h5-7,11H,8,14H2,1-4H3,(H2,15,16,17). The van der Waals surface area contributed by atoms with Gasteiger partial charge in [-0.25, -0.2) is 10.8 Å². The van der Waals surface area contributed by atoms with Gasteiger partial charge in [-0.3, -0.25) is 5.43 Å². The third-order valence-electron chi connectivity index (χ3n) is 2.66. The topological polar surface area (TPSA) is 71.7 Å². The van der Waals surface area contributed by atoms with Crippen molar-refractivity contribution in [1.82, 2.24) is 5.43 Å². The van der Waals surface area contributed by atoms with Crippen molar-refractivity contribution in [2.24, 2.45) is 10.8 Å². The molecule has 100 valence electrons. The molecule has 18 heavy (non-hydrogen) atoms. The molecule has 0 spiro atoms. The summed E-state index contributed by atoms with van der Waals surface area (Å²) in [7, 11) is 1.65. The summed E-state index contributed by atoms with van der Waals surface area (Å²) in [5.74, 6) is 5.98. The molecular weight excluding hydrogens is 228 g/mol. The predicted octanol–water partition coefficient (Wildman–Crippen LogP) is 1.57. The number of aryl methyl sites for hydroxylation is 2. The average Bonchev–Trinajstić information content (AvgIpc) is 2.33. The zero-order valence-corrected chi connectivity index (χ0v) is 11.4. The number of aliphatic imine (C=N–C) groups is 1. The van der Waals surface area contributed by atoms with Crippen molar-refractivity contribution in [2.45, 2.75) is 26.8 Å². The Morgan fingerprint density at radius 3 is 2.67 bits per heavy atom. The summed E-state index contributed by atoms with van der Waals surface area (Å²) >= 11 is 0. The van der Waals surface area contributed by atoms with Crippen molar-refractivity contribution >= 4 is 11.6 Å². The Morgan fingerprint density at radius 1 is 1.39 bits per heavy atom. The van der Waals surface area contributed by atoms with Gasteiger partial charge in [-0.2, -0.15) is 0 Å². The number of ether oxygens (including phenoxy) is 1. The van der Waals surface area contributed by atoms with Gasteiger partial charge in [0.2, 0.25) is 5.96 Å². The first-order valence-corrected chi connectivity index (χ1v) is 5.94. The fourth-order valence-electron chi connectivity index (χ4n) is 1.56. The van der Waals surface area contributed by atoms with E-state index in [9.17, 15) is 0 Å². The summed E-state index contributed by atoms with van der Waals surface area (Å²) < 4.78 is 5.03. The average molecular weight is 250 g/mol. The minimum Gasteiger partial charge on any atom is -0.382 e. The largest absolute Gasteiger partial charge is 0.382 e. The van der Waals surface area contributed by atoms with Crippen molar-refractivity contribution in [3.63, 3.8) is 0 Å². The second-order valence-electron chi connectivity index (χ2n) is 4.35. The molecule has 0 saturated carbocycles. The van der Waals surface area contributed by atoms with E-state index in [1.807, 2.05) is 13.0 Å². The number of methoxy groups -OCH3 is 1. The van der Waals surface area contributed by atoms with Crippen LogP contribution in [-0.4, -0.2) is 25.7 Å². The molecule has 0 aliphatic rings. The van der Waals surface area contributed by atoms with Crippen LogP contribution in [0.15, 0.2) is 23.2 Å². The molecule has 0 aromatic heterocycles. The Balaban J connectivity index is 2.76. The zero-order chi connectivity index (χ0) is 13.5. The van der Waals surface area contributed by atoms with E-state index in [0.717, 1.165) is 5.69 Å². The lowest BCUT2D eigenvalue weighted by Gasteiger charge is -2.13. The smallest absolute Gasteiger partial charge is 0.210 e. The Hall–Kier alpha value is -1.59. The van der Waals surface area contributed by atoms with Gasteiger partial charge in [0.25, 0.3) is 0 Å². The molecule has 0 fully saturated rings. The number of hydrogen-bond acceptors (Lipinski definition) is 3. The molecule has 1 rings (SSSR count). The van der Waals surface area contributed by atoms with E-state index < -0.39 is 0 Å². The number of nitrogens with zero attached hydrogens (tertiary/aromatic N) is 1. The SMILES string of the molecule is COCC(C)N=C(NN)Nc1ccc(C)c(C)c1. The summed E-state index contributed by atoms with van der Waals surface area (Å²) in [6.45, 7) is 6.67. The van der Waals surface area contributed by atoms with Crippen molar-refractivity contribution in [3.8, 4) is 0 Å². The van der Waals surface area contributed by atoms with E-state index in [-0.39, 0.29) is 6.04 Å². The summed E-state index contributed by atoms with van der Waals surface area (Å²) in [4.78, 5) is 4.38. The summed E-state index contributed by atoms with van der Waals surface area (Å²) in [6.07, 6.45) is 0. The second-order valence-corrected chi connectivity index (χ2v) is 4.35. The maximum Gasteiger partial charge on any atom is 0.210 e. The maximum absolute atomic E-state index is 5.45. The van der Waals surface area contributed by atoms with Gasteiger partial charge in [0, 0.05) is 12.8 Å². The van der Waals surface area contributed by atoms with E-state index in [1.54, 1.807) is 7.11 Å². The number of anilines is 1. The number of benzene rings is 1. The quantitative estimate of drug-likeness (QED) is 0.328. The normalized spacial score (nSPS) is 13.3. The van der Waals surface area contributed by atoms with Gasteiger partial charge in [0.15, 0.2) is 0 Å². The molecule has 0 saturated heterocycles. The second kappa shape index (κ2) is 6.98. The lowest BCUT2D eigenvalue weighted by Crippen LogP contribution is -2.37. The number of nitrogens with one attached hydrogen (secondary N) is 2. The highest BCUT2D eigenvalue weighted by Gasteiger charge is 2.03. The molecule has 4 N–H and O–H groups in total. The van der Waals surface area contributed by atoms with Crippen LogP contribution < -0.4 is 16.6 Å². The van der Waals surface area contributed by atoms with Gasteiger partial charge in [-0.1, -0.05) is 6.07 Å². The third-order valence-corrected chi connectivity index (χ3v) is 2.66. The molecule has 0 amide bonds. The molecule has 0 radical (unpaired) electrons. The number of nitrogens with two attached hydrogens (primary N) is 1. The lowest BCUT2D eigenvalue weighted by molar-refractivity contribution is 0.185. The van der Waals surface area contributed by atoms with Crippen molar-refractivity contribution in [2.75, 3.05) is 19.0 Å². The Morgan fingerprint density at radius 2 is 2.11 bits per heavy atom. The molecule has 0 aliphatic heterocycles. The molecule has 5 heteroatoms. The Labute approximate surface area is 108 Å². The first kappa shape index (κ1) is 14.5. The monoisotopic (exact) mass is 250 g/mol. The molecule has 1 unspecified atom stereocenters. The predicted molar refractivity (Wildman–Crippen MR) is 75.6 cm³/mol. The van der Waals surface area contributed by atoms with E-state index in [0.29, 0.717) is 12.6 Å². The van der Waals surface area contributed by atoms with E-state index in [4.69, 9.17) is 10.6 Å². The molecule has 1 atom stereocenters. The summed E-state index contributed by atoms with van der Waals surface area (Å²) in [5, 5.41) is 3.14. The van der Waals surface area contributed by atoms with Crippen LogP contribution in [0.1, 0.15) is 18.1 Å². The molecule has 5 nitrogen and oxygen atoms in total. The molecule has 0 heterocycles. The maximum atomic E-state index is 5.45. The van der Waals surface area contributed by atoms with Crippen LogP contribution in [0.2, 0.25) is 0 Å². The Bertz CT molecular complexity index is 417. The van der Waals surface area contributed by atoms with Crippen LogP contribution in [0.5, 0.6) is 0 Å². The van der Waals surface area contributed by atoms with Crippen LogP contribution in [-0.2, 0) is 4.74 Å². The highest BCUT2D eigenvalue weighted by atomic mass is 16.5. The minimum absolute atomic E-state index is 0.0418. The van der Waals surface area contributed by atoms with Crippen LogP contribution >= 0.6 is 0 Å². The van der Waals surface area contributed by atoms with Gasteiger partial charge in [0.05, 0.1) is 12.6 Å². The van der Waals surface area contributed by atoms with Crippen LogP contribution in [0.4, 0.5) is 5.69 Å². The molecular formula is C13H22N4O. The fourth-order valence-corrected chi connectivity index (χ4v) is 1.56. The van der Waals surface area contributed by atoms with Gasteiger partial charge >= 0.3 is 0 Å². The summed E-state index contributed by atoms with van der Waals surface area (Å²) in [6, 6.07) is 6.16. The van der Waals surface area contributed by atoms with Crippen LogP contribution in [0.3, 0.4) is 0 Å². The van der Waals surface area contributed by atoms with Gasteiger partial charge in [-0.15, -0.1) is 0 Å². The van der Waals surface area contributed by atoms with Gasteiger partial charge < -0.3 is 10.1 Å². The number of hydrazine groups is 1. The molecule has 0 aliphatic carbocycles. The number of guanidine groups is 1. The van der Waals surface area contributed by atoms with E-state index in [1.165, 1.54) is 11.1 Å². The lowest BCUT2D eigenvalue weighted by atomic mass is 10.1. The Kier molecular flexibility index (Phi) is 5.61. The third kappa shape index (κ3) is 4.35. The first-order valence-electron chi connectivity index (χ1n) is 5.94. The highest BCUT2D eigenvalue weighted by Crippen LogP contribution is 2.13. The van der Waals surface area contributed by atoms with Crippen molar-refractivity contribution < 1.29 is 4.74 Å². The van der Waals surface area contributed by atoms with E-state index >= 15 is 0 Å². The highest BCUT2D eigenvalue weighted by molar-refractivity contribution is 5.93. The van der Waals surface area contributed by atoms with Crippen LogP contribution in [0.25, 0.3) is 0 Å². The molecule has 0 bridgehead atoms. The fraction of sp³-hybridized carbons (Fsp3) is 0.462. The van der Waals surface area contributed by atoms with Gasteiger partial charge in [0.1, 0.15) is 0 Å². The number of rotatable bonds is 4.